The SMILES string of the molecule is COCCCCCOC(=O)CCCC[C@@H]1SCC(C)C1C. The van der Waals surface area contributed by atoms with Crippen LogP contribution in [0.15, 0.2) is 0 Å². The van der Waals surface area contributed by atoms with Crippen LogP contribution < -0.4 is 0 Å². The van der Waals surface area contributed by atoms with Gasteiger partial charge < -0.3 is 9.47 Å². The molecule has 21 heavy (non-hydrogen) atoms. The van der Waals surface area contributed by atoms with Gasteiger partial charge in [0.2, 0.25) is 0 Å². The first kappa shape index (κ1) is 18.8. The van der Waals surface area contributed by atoms with Crippen molar-refractivity contribution >= 4 is 17.7 Å². The first-order chi connectivity index (χ1) is 10.1. The summed E-state index contributed by atoms with van der Waals surface area (Å²) in [5.41, 5.74) is 0. The van der Waals surface area contributed by atoms with E-state index in [1.165, 1.54) is 12.2 Å². The summed E-state index contributed by atoms with van der Waals surface area (Å²) >= 11 is 2.11. The van der Waals surface area contributed by atoms with Crippen molar-refractivity contribution < 1.29 is 14.3 Å². The summed E-state index contributed by atoms with van der Waals surface area (Å²) in [7, 11) is 1.71. The molecule has 0 saturated carbocycles. The zero-order valence-corrected chi connectivity index (χ0v) is 14.8. The maximum atomic E-state index is 11.6. The number of ether oxygens (including phenoxy) is 2. The van der Waals surface area contributed by atoms with Gasteiger partial charge in [-0.1, -0.05) is 20.3 Å². The van der Waals surface area contributed by atoms with Crippen LogP contribution in [0.1, 0.15) is 58.8 Å². The number of esters is 1. The standard InChI is InChI=1S/C17H32O3S/c1-14-13-21-16(15(14)2)9-5-6-10-17(18)20-12-8-4-7-11-19-3/h14-16H,4-13H2,1-3H3/t14?,15?,16-/m0/s1. The lowest BCUT2D eigenvalue weighted by molar-refractivity contribution is -0.143. The first-order valence-corrected chi connectivity index (χ1v) is 9.46. The predicted octanol–water partition coefficient (Wildman–Crippen LogP) is 4.29. The maximum absolute atomic E-state index is 11.6. The molecule has 0 spiro atoms. The Morgan fingerprint density at radius 1 is 1.10 bits per heavy atom. The molecule has 1 fully saturated rings. The number of thioether (sulfide) groups is 1. The van der Waals surface area contributed by atoms with Crippen LogP contribution in [-0.4, -0.2) is 37.3 Å². The van der Waals surface area contributed by atoms with Gasteiger partial charge in [-0.2, -0.15) is 11.8 Å². The van der Waals surface area contributed by atoms with Crippen LogP contribution in [0.2, 0.25) is 0 Å². The van der Waals surface area contributed by atoms with Crippen molar-refractivity contribution in [1.82, 2.24) is 0 Å². The Labute approximate surface area is 134 Å². The topological polar surface area (TPSA) is 35.5 Å². The van der Waals surface area contributed by atoms with E-state index in [0.29, 0.717) is 13.0 Å². The fraction of sp³-hybridized carbons (Fsp3) is 0.941. The summed E-state index contributed by atoms with van der Waals surface area (Å²) in [6.07, 6.45) is 7.02. The summed E-state index contributed by atoms with van der Waals surface area (Å²) in [6, 6.07) is 0. The molecule has 1 saturated heterocycles. The van der Waals surface area contributed by atoms with Crippen molar-refractivity contribution in [2.45, 2.75) is 64.0 Å². The lowest BCUT2D eigenvalue weighted by atomic mass is 9.92. The van der Waals surface area contributed by atoms with Crippen molar-refractivity contribution in [1.29, 1.82) is 0 Å². The normalized spacial score (nSPS) is 25.2. The van der Waals surface area contributed by atoms with Crippen LogP contribution in [0.4, 0.5) is 0 Å². The Hall–Kier alpha value is -0.220. The van der Waals surface area contributed by atoms with Crippen LogP contribution in [0.3, 0.4) is 0 Å². The van der Waals surface area contributed by atoms with E-state index in [2.05, 4.69) is 25.6 Å². The van der Waals surface area contributed by atoms with E-state index in [1.807, 2.05) is 0 Å². The summed E-state index contributed by atoms with van der Waals surface area (Å²) in [4.78, 5) is 11.6. The van der Waals surface area contributed by atoms with Crippen molar-refractivity contribution in [3.05, 3.63) is 0 Å². The minimum atomic E-state index is -0.0257. The van der Waals surface area contributed by atoms with Gasteiger partial charge in [0.15, 0.2) is 0 Å². The molecule has 124 valence electrons. The minimum absolute atomic E-state index is 0.0257. The molecular formula is C17H32O3S. The number of carbonyl (C=O) groups excluding carboxylic acids is 1. The number of hydrogen-bond acceptors (Lipinski definition) is 4. The molecule has 0 N–H and O–H groups in total. The second kappa shape index (κ2) is 11.4. The molecule has 0 aliphatic carbocycles. The fourth-order valence-electron chi connectivity index (χ4n) is 2.69. The predicted molar refractivity (Wildman–Crippen MR) is 89.7 cm³/mol. The molecule has 1 aliphatic rings. The van der Waals surface area contributed by atoms with E-state index in [9.17, 15) is 4.79 Å². The number of carbonyl (C=O) groups is 1. The van der Waals surface area contributed by atoms with Gasteiger partial charge in [0, 0.05) is 25.4 Å². The Kier molecular flexibility index (Phi) is 10.2. The summed E-state index contributed by atoms with van der Waals surface area (Å²) < 4.78 is 10.2. The zero-order chi connectivity index (χ0) is 15.5. The monoisotopic (exact) mass is 316 g/mol. The lowest BCUT2D eigenvalue weighted by Gasteiger charge is -2.16. The average Bonchev–Trinajstić information content (AvgIpc) is 2.79. The molecule has 3 atom stereocenters. The largest absolute Gasteiger partial charge is 0.466 e. The van der Waals surface area contributed by atoms with Gasteiger partial charge in [-0.15, -0.1) is 0 Å². The van der Waals surface area contributed by atoms with Gasteiger partial charge in [-0.25, -0.2) is 0 Å². The smallest absolute Gasteiger partial charge is 0.305 e. The second-order valence-electron chi connectivity index (χ2n) is 6.23. The van der Waals surface area contributed by atoms with E-state index in [1.54, 1.807) is 7.11 Å². The van der Waals surface area contributed by atoms with Crippen molar-refractivity contribution in [3.8, 4) is 0 Å². The molecular weight excluding hydrogens is 284 g/mol. The number of methoxy groups -OCH3 is 1. The van der Waals surface area contributed by atoms with E-state index in [4.69, 9.17) is 9.47 Å². The van der Waals surface area contributed by atoms with E-state index >= 15 is 0 Å². The molecule has 0 aromatic carbocycles. The lowest BCUT2D eigenvalue weighted by Crippen LogP contribution is -2.13. The Bertz CT molecular complexity index is 283. The van der Waals surface area contributed by atoms with Gasteiger partial charge >= 0.3 is 5.97 Å². The minimum Gasteiger partial charge on any atom is -0.466 e. The van der Waals surface area contributed by atoms with Gasteiger partial charge in [0.05, 0.1) is 6.61 Å². The molecule has 1 rings (SSSR count). The van der Waals surface area contributed by atoms with E-state index < -0.39 is 0 Å². The second-order valence-corrected chi connectivity index (χ2v) is 7.50. The highest BCUT2D eigenvalue weighted by Gasteiger charge is 2.29. The first-order valence-electron chi connectivity index (χ1n) is 8.41. The zero-order valence-electron chi connectivity index (χ0n) is 13.9. The van der Waals surface area contributed by atoms with Crippen molar-refractivity contribution in [3.63, 3.8) is 0 Å². The van der Waals surface area contributed by atoms with Gasteiger partial charge in [0.1, 0.15) is 0 Å². The quantitative estimate of drug-likeness (QED) is 0.421. The Morgan fingerprint density at radius 2 is 1.86 bits per heavy atom. The molecule has 0 radical (unpaired) electrons. The van der Waals surface area contributed by atoms with Crippen LogP contribution >= 0.6 is 11.8 Å². The molecule has 0 aromatic rings. The molecule has 3 nitrogen and oxygen atoms in total. The number of unbranched alkanes of at least 4 members (excludes halogenated alkanes) is 3. The van der Waals surface area contributed by atoms with Gasteiger partial charge in [-0.05, 0) is 49.7 Å². The van der Waals surface area contributed by atoms with Gasteiger partial charge in [-0.3, -0.25) is 4.79 Å². The fourth-order valence-corrected chi connectivity index (χ4v) is 4.45. The van der Waals surface area contributed by atoms with Crippen molar-refractivity contribution in [2.24, 2.45) is 11.8 Å². The van der Waals surface area contributed by atoms with E-state index in [-0.39, 0.29) is 5.97 Å². The molecule has 1 aliphatic heterocycles. The summed E-state index contributed by atoms with van der Waals surface area (Å²) in [6.45, 7) is 6.08. The number of rotatable bonds is 11. The third-order valence-corrected chi connectivity index (χ3v) is 6.24. The van der Waals surface area contributed by atoms with Crippen LogP contribution in [0, 0.1) is 11.8 Å². The maximum Gasteiger partial charge on any atom is 0.305 e. The molecule has 0 aromatic heterocycles. The molecule has 4 heteroatoms. The Morgan fingerprint density at radius 3 is 2.52 bits per heavy atom. The molecule has 0 bridgehead atoms. The molecule has 2 unspecified atom stereocenters. The van der Waals surface area contributed by atoms with Gasteiger partial charge in [0.25, 0.3) is 0 Å². The highest BCUT2D eigenvalue weighted by atomic mass is 32.2. The molecule has 1 heterocycles. The molecule has 0 amide bonds. The summed E-state index contributed by atoms with van der Waals surface area (Å²) in [5.74, 6) is 2.95. The summed E-state index contributed by atoms with van der Waals surface area (Å²) in [5, 5.41) is 0.803. The van der Waals surface area contributed by atoms with Crippen LogP contribution in [0.25, 0.3) is 0 Å². The number of hydrogen-bond donors (Lipinski definition) is 0. The Balaban J connectivity index is 1.91. The third-order valence-electron chi connectivity index (χ3n) is 4.43. The van der Waals surface area contributed by atoms with Crippen molar-refractivity contribution in [2.75, 3.05) is 26.1 Å². The highest BCUT2D eigenvalue weighted by Crippen LogP contribution is 2.39. The highest BCUT2D eigenvalue weighted by molar-refractivity contribution is 8.00. The van der Waals surface area contributed by atoms with Crippen LogP contribution in [0.5, 0.6) is 0 Å². The van der Waals surface area contributed by atoms with E-state index in [0.717, 1.165) is 55.8 Å². The average molecular weight is 317 g/mol. The third kappa shape index (κ3) is 8.10. The van der Waals surface area contributed by atoms with Crippen LogP contribution in [-0.2, 0) is 14.3 Å².